The first-order chi connectivity index (χ1) is 34.7. The molecule has 0 N–H and O–H groups in total. The average molecular weight is 909 g/mol. The van der Waals surface area contributed by atoms with Crippen LogP contribution in [0.5, 0.6) is 23.0 Å². The normalized spacial score (nSPS) is 13.5. The van der Waals surface area contributed by atoms with Crippen molar-refractivity contribution >= 4 is 111 Å². The van der Waals surface area contributed by atoms with E-state index in [4.69, 9.17) is 18.9 Å². The summed E-state index contributed by atoms with van der Waals surface area (Å²) in [6.45, 7) is 11.7. The van der Waals surface area contributed by atoms with Crippen LogP contribution in [0.1, 0.15) is 79.1 Å². The first kappa shape index (κ1) is 40.9. The molecule has 0 unspecified atom stereocenters. The Morgan fingerprint density at radius 3 is 0.800 bits per heavy atom. The third-order valence-electron chi connectivity index (χ3n) is 16.9. The molecule has 340 valence electrons. The molecule has 70 heavy (non-hydrogen) atoms. The van der Waals surface area contributed by atoms with Crippen LogP contribution in [0, 0.1) is 0 Å². The molecule has 5 heterocycles. The highest BCUT2D eigenvalue weighted by molar-refractivity contribution is 7.17. The lowest BCUT2D eigenvalue weighted by molar-refractivity contribution is 0.312. The highest BCUT2D eigenvalue weighted by Crippen LogP contribution is 2.53. The predicted octanol–water partition coefficient (Wildman–Crippen LogP) is 12.6. The molecule has 0 aliphatic carbocycles. The maximum atomic E-state index is 6.86. The number of ether oxygens (including phenoxy) is 4. The molecular formula is C64H54B2O4. The van der Waals surface area contributed by atoms with Gasteiger partial charge in [0.1, 0.15) is 23.0 Å². The molecule has 0 spiro atoms. The van der Waals surface area contributed by atoms with E-state index in [-0.39, 0.29) is 13.4 Å². The van der Waals surface area contributed by atoms with Gasteiger partial charge in [0.2, 0.25) is 13.4 Å². The molecule has 0 saturated heterocycles. The summed E-state index contributed by atoms with van der Waals surface area (Å²) in [4.78, 5) is 0. The Bertz CT molecular complexity index is 3480. The predicted molar refractivity (Wildman–Crippen MR) is 298 cm³/mol. The van der Waals surface area contributed by atoms with E-state index in [1.54, 1.807) is 0 Å². The minimum atomic E-state index is -0.00737. The van der Waals surface area contributed by atoms with Crippen molar-refractivity contribution in [1.82, 2.24) is 0 Å². The lowest BCUT2D eigenvalue weighted by Crippen LogP contribution is -2.79. The summed E-state index contributed by atoms with van der Waals surface area (Å²) in [5.74, 6) is 3.86. The molecule has 0 fully saturated rings. The Balaban J connectivity index is 1.18. The van der Waals surface area contributed by atoms with Crippen LogP contribution in [0.3, 0.4) is 0 Å². The van der Waals surface area contributed by atoms with Gasteiger partial charge < -0.3 is 18.9 Å². The third kappa shape index (κ3) is 5.14. The van der Waals surface area contributed by atoms with E-state index >= 15 is 0 Å². The SMILES string of the molecule is CCCCOc1ccc2c3c4c5c(ccc(OCCCC)c5cc13)-c1c3c5c(c6ccccc16)-c1ccc(OCCCC)c6cc7c(OCCCC)ccc8c7c(c16)B5c1c(c-2c2ccccc2c1-8)B34. The lowest BCUT2D eigenvalue weighted by Gasteiger charge is -2.47. The molecule has 0 amide bonds. The van der Waals surface area contributed by atoms with Crippen LogP contribution in [-0.2, 0) is 0 Å². The Kier molecular flexibility index (Phi) is 8.94. The summed E-state index contributed by atoms with van der Waals surface area (Å²) in [5, 5.41) is 15.4. The van der Waals surface area contributed by atoms with Crippen LogP contribution in [0.2, 0.25) is 0 Å². The van der Waals surface area contributed by atoms with Gasteiger partial charge in [-0.2, -0.15) is 0 Å². The molecule has 15 rings (SSSR count). The molecule has 10 aromatic carbocycles. The highest BCUT2D eigenvalue weighted by atomic mass is 16.5. The van der Waals surface area contributed by atoms with Gasteiger partial charge in [0.15, 0.2) is 0 Å². The Labute approximate surface area is 410 Å². The zero-order valence-corrected chi connectivity index (χ0v) is 40.7. The van der Waals surface area contributed by atoms with Crippen LogP contribution < -0.4 is 51.7 Å². The van der Waals surface area contributed by atoms with E-state index in [1.807, 2.05) is 0 Å². The summed E-state index contributed by atoms with van der Waals surface area (Å²) in [6.07, 6.45) is 8.37. The summed E-state index contributed by atoms with van der Waals surface area (Å²) in [5.41, 5.74) is 19.6. The summed E-state index contributed by atoms with van der Waals surface area (Å²) >= 11 is 0. The van der Waals surface area contributed by atoms with E-state index in [1.165, 1.54) is 142 Å². The van der Waals surface area contributed by atoms with Crippen molar-refractivity contribution in [3.05, 3.63) is 109 Å². The van der Waals surface area contributed by atoms with Gasteiger partial charge in [0.05, 0.1) is 26.4 Å². The molecule has 0 radical (unpaired) electrons. The van der Waals surface area contributed by atoms with Gasteiger partial charge in [-0.1, -0.05) is 159 Å². The molecule has 5 aliphatic heterocycles. The molecule has 6 heteroatoms. The zero-order chi connectivity index (χ0) is 46.5. The fourth-order valence-electron chi connectivity index (χ4n) is 14.1. The average Bonchev–Trinajstić information content (AvgIpc) is 3.42. The van der Waals surface area contributed by atoms with Crippen molar-refractivity contribution in [3.8, 4) is 67.5 Å². The molecule has 0 aromatic heterocycles. The maximum absolute atomic E-state index is 6.86. The zero-order valence-electron chi connectivity index (χ0n) is 40.7. The second kappa shape index (κ2) is 15.3. The minimum absolute atomic E-state index is 0.00737. The molecule has 0 bridgehead atoms. The van der Waals surface area contributed by atoms with Gasteiger partial charge >= 0.3 is 0 Å². The van der Waals surface area contributed by atoms with E-state index in [0.29, 0.717) is 26.4 Å². The number of rotatable bonds is 16. The number of unbranched alkanes of at least 4 members (excludes halogenated alkanes) is 4. The highest BCUT2D eigenvalue weighted by Gasteiger charge is 2.54. The van der Waals surface area contributed by atoms with Crippen LogP contribution in [-0.4, -0.2) is 39.9 Å². The molecular weight excluding hydrogens is 854 g/mol. The minimum Gasteiger partial charge on any atom is -0.493 e. The summed E-state index contributed by atoms with van der Waals surface area (Å²) in [7, 11) is 0. The third-order valence-corrected chi connectivity index (χ3v) is 16.9. The Morgan fingerprint density at radius 1 is 0.300 bits per heavy atom. The largest absolute Gasteiger partial charge is 0.493 e. The smallest absolute Gasteiger partial charge is 0.243 e. The molecule has 0 atom stereocenters. The Morgan fingerprint density at radius 2 is 0.557 bits per heavy atom. The van der Waals surface area contributed by atoms with Crippen LogP contribution in [0.15, 0.2) is 109 Å². The number of fused-ring (bicyclic) bond motifs is 10. The topological polar surface area (TPSA) is 36.9 Å². The molecule has 0 saturated carbocycles. The van der Waals surface area contributed by atoms with Gasteiger partial charge in [0, 0.05) is 21.5 Å². The molecule has 5 aliphatic rings. The second-order valence-corrected chi connectivity index (χ2v) is 20.6. The summed E-state index contributed by atoms with van der Waals surface area (Å²) < 4.78 is 27.4. The van der Waals surface area contributed by atoms with Gasteiger partial charge in [-0.25, -0.2) is 0 Å². The lowest BCUT2D eigenvalue weighted by atomic mass is 9.16. The monoisotopic (exact) mass is 908 g/mol. The number of hydrogen-bond donors (Lipinski definition) is 0. The number of benzene rings is 10. The number of hydrogen-bond acceptors (Lipinski definition) is 4. The van der Waals surface area contributed by atoms with E-state index < -0.39 is 0 Å². The molecule has 10 aromatic rings. The fourth-order valence-corrected chi connectivity index (χ4v) is 14.1. The standard InChI is InChI=1S/C64H54B2O4/c1-5-9-29-67-47-25-21-39-51-35-17-13-14-18-36(35)53-41-23-27-49(69-31-11-7-3)45-34-46-50(70-32-12-8-4)28-24-42-54-38-20-16-15-19-37(38)52-40-22-26-48(68-30-10-6-2)44-33-43(47)55(39)59(56(40)44)65-61(51)63(53)66(64(54)62(52)65)60(57(41)45)58(42)46/h13-28,33-34H,5-12,29-32H2,1-4H3. The van der Waals surface area contributed by atoms with Crippen molar-refractivity contribution in [1.29, 1.82) is 0 Å². The van der Waals surface area contributed by atoms with Crippen molar-refractivity contribution in [2.75, 3.05) is 26.4 Å². The van der Waals surface area contributed by atoms with E-state index in [2.05, 4.69) is 137 Å². The van der Waals surface area contributed by atoms with Crippen molar-refractivity contribution in [3.63, 3.8) is 0 Å². The van der Waals surface area contributed by atoms with Gasteiger partial charge in [0.25, 0.3) is 0 Å². The van der Waals surface area contributed by atoms with Crippen LogP contribution in [0.25, 0.3) is 109 Å². The van der Waals surface area contributed by atoms with Crippen molar-refractivity contribution < 1.29 is 18.9 Å². The van der Waals surface area contributed by atoms with Gasteiger partial charge in [-0.3, -0.25) is 0 Å². The van der Waals surface area contributed by atoms with Crippen molar-refractivity contribution in [2.45, 2.75) is 79.1 Å². The molecule has 4 nitrogen and oxygen atoms in total. The van der Waals surface area contributed by atoms with Gasteiger partial charge in [-0.05, 0) is 150 Å². The van der Waals surface area contributed by atoms with Crippen LogP contribution >= 0.6 is 0 Å². The first-order valence-electron chi connectivity index (χ1n) is 26.5. The van der Waals surface area contributed by atoms with Crippen molar-refractivity contribution in [2.24, 2.45) is 0 Å². The summed E-state index contributed by atoms with van der Waals surface area (Å²) in [6, 6.07) is 42.3. The Hall–Kier alpha value is -6.91. The van der Waals surface area contributed by atoms with E-state index in [9.17, 15) is 0 Å². The maximum Gasteiger partial charge on any atom is 0.243 e. The fraction of sp³-hybridized carbons (Fsp3) is 0.250. The second-order valence-electron chi connectivity index (χ2n) is 20.6. The quantitative estimate of drug-likeness (QED) is 0.0550. The van der Waals surface area contributed by atoms with Crippen LogP contribution in [0.4, 0.5) is 0 Å². The van der Waals surface area contributed by atoms with E-state index in [0.717, 1.165) is 74.4 Å². The van der Waals surface area contributed by atoms with Gasteiger partial charge in [-0.15, -0.1) is 0 Å². The first-order valence-corrected chi connectivity index (χ1v) is 26.5.